The molecule has 3 unspecified atom stereocenters. The van der Waals surface area contributed by atoms with Crippen LogP contribution in [0.3, 0.4) is 0 Å². The molecular formula is C15H21BrN2O2. The molecule has 2 aliphatic heterocycles. The number of aromatic nitrogens is 2. The number of ketones is 1. The summed E-state index contributed by atoms with van der Waals surface area (Å²) in [6.45, 7) is 4.95. The largest absolute Gasteiger partial charge is 0.374 e. The lowest BCUT2D eigenvalue weighted by atomic mass is 9.85. The number of carbonyl (C=O) groups excluding carboxylic acids is 1. The molecule has 3 atom stereocenters. The van der Waals surface area contributed by atoms with E-state index in [0.29, 0.717) is 18.3 Å². The Morgan fingerprint density at radius 3 is 2.80 bits per heavy atom. The third-order valence-corrected chi connectivity index (χ3v) is 5.47. The zero-order valence-corrected chi connectivity index (χ0v) is 13.6. The Bertz CT molecular complexity index is 526. The van der Waals surface area contributed by atoms with Crippen LogP contribution in [0.4, 0.5) is 0 Å². The second kappa shape index (κ2) is 5.60. The molecule has 3 rings (SSSR count). The summed E-state index contributed by atoms with van der Waals surface area (Å²) in [6, 6.07) is 0. The van der Waals surface area contributed by atoms with E-state index in [-0.39, 0.29) is 12.0 Å². The molecule has 2 aliphatic rings. The van der Waals surface area contributed by atoms with Crippen molar-refractivity contribution in [3.05, 3.63) is 15.9 Å². The van der Waals surface area contributed by atoms with Gasteiger partial charge in [-0.2, -0.15) is 5.10 Å². The molecule has 2 fully saturated rings. The number of halogens is 1. The summed E-state index contributed by atoms with van der Waals surface area (Å²) in [5.74, 6) is 0.418. The third-order valence-electron chi connectivity index (χ3n) is 4.56. The van der Waals surface area contributed by atoms with Crippen LogP contribution in [0.25, 0.3) is 0 Å². The third kappa shape index (κ3) is 2.35. The summed E-state index contributed by atoms with van der Waals surface area (Å²) >= 11 is 3.61. The van der Waals surface area contributed by atoms with Crippen LogP contribution in [-0.2, 0) is 28.9 Å². The van der Waals surface area contributed by atoms with Crippen LogP contribution in [-0.4, -0.2) is 27.8 Å². The second-order valence-electron chi connectivity index (χ2n) is 5.74. The van der Waals surface area contributed by atoms with Gasteiger partial charge >= 0.3 is 0 Å². The Hall–Kier alpha value is -0.680. The molecule has 2 saturated heterocycles. The van der Waals surface area contributed by atoms with Gasteiger partial charge in [0, 0.05) is 18.9 Å². The normalized spacial score (nSPS) is 28.2. The van der Waals surface area contributed by atoms with E-state index >= 15 is 0 Å². The highest BCUT2D eigenvalue weighted by Gasteiger charge is 2.44. The van der Waals surface area contributed by atoms with Crippen molar-refractivity contribution in [2.45, 2.75) is 64.7 Å². The number of rotatable bonds is 5. The molecule has 0 N–H and O–H groups in total. The molecule has 0 radical (unpaired) electrons. The number of carbonyl (C=O) groups is 1. The molecule has 0 saturated carbocycles. The number of aryl methyl sites for hydroxylation is 2. The highest BCUT2D eigenvalue weighted by molar-refractivity contribution is 9.10. The van der Waals surface area contributed by atoms with Gasteiger partial charge in [-0.25, -0.2) is 0 Å². The first-order valence-corrected chi connectivity index (χ1v) is 8.35. The van der Waals surface area contributed by atoms with Crippen molar-refractivity contribution in [1.82, 2.24) is 9.78 Å². The number of hydrogen-bond donors (Lipinski definition) is 0. The Labute approximate surface area is 128 Å². The minimum Gasteiger partial charge on any atom is -0.374 e. The minimum absolute atomic E-state index is 0.103. The molecule has 0 amide bonds. The van der Waals surface area contributed by atoms with E-state index in [0.717, 1.165) is 48.1 Å². The second-order valence-corrected chi connectivity index (χ2v) is 6.53. The average molecular weight is 341 g/mol. The van der Waals surface area contributed by atoms with Gasteiger partial charge in [-0.1, -0.05) is 6.92 Å². The first kappa shape index (κ1) is 14.3. The van der Waals surface area contributed by atoms with Crippen LogP contribution in [0, 0.1) is 5.92 Å². The van der Waals surface area contributed by atoms with E-state index in [1.807, 2.05) is 4.68 Å². The van der Waals surface area contributed by atoms with Crippen molar-refractivity contribution >= 4 is 21.7 Å². The van der Waals surface area contributed by atoms with Gasteiger partial charge < -0.3 is 4.74 Å². The highest BCUT2D eigenvalue weighted by atomic mass is 79.9. The fourth-order valence-corrected chi connectivity index (χ4v) is 4.16. The van der Waals surface area contributed by atoms with E-state index in [4.69, 9.17) is 4.74 Å². The van der Waals surface area contributed by atoms with Crippen molar-refractivity contribution in [3.63, 3.8) is 0 Å². The maximum absolute atomic E-state index is 12.6. The fraction of sp³-hybridized carbons (Fsp3) is 0.733. The molecule has 0 spiro atoms. The lowest BCUT2D eigenvalue weighted by molar-refractivity contribution is -0.123. The van der Waals surface area contributed by atoms with Gasteiger partial charge in [0.15, 0.2) is 0 Å². The quantitative estimate of drug-likeness (QED) is 0.827. The van der Waals surface area contributed by atoms with Crippen molar-refractivity contribution in [2.24, 2.45) is 5.92 Å². The molecule has 20 heavy (non-hydrogen) atoms. The fourth-order valence-electron chi connectivity index (χ4n) is 3.46. The Morgan fingerprint density at radius 2 is 2.25 bits per heavy atom. The molecular weight excluding hydrogens is 320 g/mol. The summed E-state index contributed by atoms with van der Waals surface area (Å²) in [5, 5.41) is 4.56. The van der Waals surface area contributed by atoms with Gasteiger partial charge in [-0.15, -0.1) is 0 Å². The SMILES string of the molecule is CCc1nn(CC)c(CC(=O)C2CC3CCC2O3)c1Br. The molecule has 4 nitrogen and oxygen atoms in total. The summed E-state index contributed by atoms with van der Waals surface area (Å²) < 4.78 is 8.77. The summed E-state index contributed by atoms with van der Waals surface area (Å²) in [5.41, 5.74) is 2.07. The van der Waals surface area contributed by atoms with E-state index < -0.39 is 0 Å². The molecule has 0 aromatic carbocycles. The van der Waals surface area contributed by atoms with E-state index in [1.165, 1.54) is 0 Å². The van der Waals surface area contributed by atoms with Gasteiger partial charge in [0.2, 0.25) is 0 Å². The smallest absolute Gasteiger partial charge is 0.144 e. The van der Waals surface area contributed by atoms with Crippen molar-refractivity contribution in [3.8, 4) is 0 Å². The maximum atomic E-state index is 12.6. The van der Waals surface area contributed by atoms with Gasteiger partial charge in [0.1, 0.15) is 5.78 Å². The van der Waals surface area contributed by atoms with Crippen LogP contribution in [0.5, 0.6) is 0 Å². The lowest BCUT2D eigenvalue weighted by Crippen LogP contribution is -2.27. The van der Waals surface area contributed by atoms with Gasteiger partial charge in [0.25, 0.3) is 0 Å². The van der Waals surface area contributed by atoms with Crippen LogP contribution in [0.15, 0.2) is 4.47 Å². The Kier molecular flexibility index (Phi) is 4.00. The zero-order valence-electron chi connectivity index (χ0n) is 12.1. The first-order chi connectivity index (χ1) is 9.63. The van der Waals surface area contributed by atoms with Crippen molar-refractivity contribution < 1.29 is 9.53 Å². The first-order valence-electron chi connectivity index (χ1n) is 7.56. The van der Waals surface area contributed by atoms with Crippen molar-refractivity contribution in [2.75, 3.05) is 0 Å². The Morgan fingerprint density at radius 1 is 1.45 bits per heavy atom. The predicted molar refractivity (Wildman–Crippen MR) is 79.7 cm³/mol. The Balaban J connectivity index is 1.77. The van der Waals surface area contributed by atoms with Crippen LogP contribution in [0.1, 0.15) is 44.5 Å². The average Bonchev–Trinajstić information content (AvgIpc) is 3.14. The molecule has 2 bridgehead atoms. The van der Waals surface area contributed by atoms with Gasteiger partial charge in [0.05, 0.1) is 28.1 Å². The molecule has 1 aromatic rings. The molecule has 110 valence electrons. The van der Waals surface area contributed by atoms with Gasteiger partial charge in [-0.3, -0.25) is 9.48 Å². The van der Waals surface area contributed by atoms with Crippen molar-refractivity contribution in [1.29, 1.82) is 0 Å². The highest BCUT2D eigenvalue weighted by Crippen LogP contribution is 2.40. The summed E-state index contributed by atoms with van der Waals surface area (Å²) in [6.07, 6.45) is 4.96. The van der Waals surface area contributed by atoms with E-state index in [9.17, 15) is 4.79 Å². The number of nitrogens with zero attached hydrogens (tertiary/aromatic N) is 2. The summed E-state index contributed by atoms with van der Waals surface area (Å²) in [7, 11) is 0. The number of ether oxygens (including phenoxy) is 1. The van der Waals surface area contributed by atoms with E-state index in [2.05, 4.69) is 34.9 Å². The molecule has 1 aromatic heterocycles. The van der Waals surface area contributed by atoms with Crippen LogP contribution in [0.2, 0.25) is 0 Å². The van der Waals surface area contributed by atoms with Crippen LogP contribution < -0.4 is 0 Å². The molecule has 0 aliphatic carbocycles. The lowest BCUT2D eigenvalue weighted by Gasteiger charge is -2.17. The monoisotopic (exact) mass is 340 g/mol. The summed E-state index contributed by atoms with van der Waals surface area (Å²) in [4.78, 5) is 12.6. The molecule has 5 heteroatoms. The van der Waals surface area contributed by atoms with Crippen LogP contribution >= 0.6 is 15.9 Å². The standard InChI is InChI=1S/C15H21BrN2O2/c1-3-11-15(16)12(18(4-2)17-11)8-13(19)10-7-9-5-6-14(10)20-9/h9-10,14H,3-8H2,1-2H3. The molecule has 3 heterocycles. The predicted octanol–water partition coefficient (Wildman–Crippen LogP) is 2.91. The minimum atomic E-state index is 0.103. The number of Topliss-reactive ketones (excluding diaryl/α,β-unsaturated/α-hetero) is 1. The number of hydrogen-bond acceptors (Lipinski definition) is 3. The topological polar surface area (TPSA) is 44.1 Å². The zero-order chi connectivity index (χ0) is 14.3. The number of fused-ring (bicyclic) bond motifs is 2. The van der Waals surface area contributed by atoms with Gasteiger partial charge in [-0.05, 0) is 48.5 Å². The van der Waals surface area contributed by atoms with E-state index in [1.54, 1.807) is 0 Å². The maximum Gasteiger partial charge on any atom is 0.144 e.